The Morgan fingerprint density at radius 2 is 1.81 bits per heavy atom. The first-order chi connectivity index (χ1) is 13.1. The molecule has 2 aromatic carbocycles. The molecule has 1 aromatic heterocycles. The minimum absolute atomic E-state index is 0.170. The number of carbonyl (C=O) groups excluding carboxylic acids is 1. The van der Waals surface area contributed by atoms with Crippen LogP contribution in [0.4, 0.5) is 0 Å². The van der Waals surface area contributed by atoms with Gasteiger partial charge in [0.15, 0.2) is 5.69 Å². The van der Waals surface area contributed by atoms with Crippen LogP contribution in [-0.4, -0.2) is 22.8 Å². The Labute approximate surface area is 162 Å². The lowest BCUT2D eigenvalue weighted by Crippen LogP contribution is -2.50. The van der Waals surface area contributed by atoms with E-state index in [9.17, 15) is 4.79 Å². The molecule has 3 aromatic rings. The summed E-state index contributed by atoms with van der Waals surface area (Å²) in [6.07, 6.45) is 4.70. The fraction of sp³-hybridized carbons (Fsp3) is 0.238. The van der Waals surface area contributed by atoms with Crippen LogP contribution in [0.1, 0.15) is 35.3 Å². The fourth-order valence-corrected chi connectivity index (χ4v) is 3.52. The Hall–Kier alpha value is -2.79. The summed E-state index contributed by atoms with van der Waals surface area (Å²) < 4.78 is 6.85. The zero-order chi connectivity index (χ0) is 18.9. The van der Waals surface area contributed by atoms with Crippen LogP contribution in [0, 0.1) is 0 Å². The molecule has 0 radical (unpaired) electrons. The lowest BCUT2D eigenvalue weighted by molar-refractivity contribution is 0.0817. The van der Waals surface area contributed by atoms with E-state index in [4.69, 9.17) is 16.3 Å². The van der Waals surface area contributed by atoms with Gasteiger partial charge in [-0.1, -0.05) is 23.7 Å². The number of carbonyl (C=O) groups is 1. The van der Waals surface area contributed by atoms with E-state index in [2.05, 4.69) is 10.4 Å². The molecule has 1 N–H and O–H groups in total. The summed E-state index contributed by atoms with van der Waals surface area (Å²) in [6, 6.07) is 16.9. The van der Waals surface area contributed by atoms with Gasteiger partial charge in [0.05, 0.1) is 18.3 Å². The highest BCUT2D eigenvalue weighted by Gasteiger charge is 2.40. The van der Waals surface area contributed by atoms with Gasteiger partial charge in [-0.3, -0.25) is 4.79 Å². The van der Waals surface area contributed by atoms with E-state index in [1.807, 2.05) is 48.5 Å². The van der Waals surface area contributed by atoms with E-state index >= 15 is 0 Å². The van der Waals surface area contributed by atoms with E-state index in [-0.39, 0.29) is 11.4 Å². The molecule has 1 heterocycles. The second-order valence-electron chi connectivity index (χ2n) is 6.74. The monoisotopic (exact) mass is 381 g/mol. The van der Waals surface area contributed by atoms with Crippen LogP contribution >= 0.6 is 11.6 Å². The number of hydrogen-bond acceptors (Lipinski definition) is 3. The summed E-state index contributed by atoms with van der Waals surface area (Å²) in [6.45, 7) is 0. The van der Waals surface area contributed by atoms with Gasteiger partial charge in [-0.15, -0.1) is 0 Å². The molecule has 27 heavy (non-hydrogen) atoms. The SMILES string of the molecule is COc1ccc(-n2ccc(C(=O)NC3(c4ccc(Cl)cc4)CCC3)n2)cc1. The Morgan fingerprint density at radius 3 is 2.41 bits per heavy atom. The zero-order valence-corrected chi connectivity index (χ0v) is 15.7. The number of methoxy groups -OCH3 is 1. The van der Waals surface area contributed by atoms with Crippen molar-refractivity contribution in [2.75, 3.05) is 7.11 Å². The molecule has 5 nitrogen and oxygen atoms in total. The lowest BCUT2D eigenvalue weighted by Gasteiger charge is -2.43. The smallest absolute Gasteiger partial charge is 0.272 e. The normalized spacial score (nSPS) is 15.0. The molecule has 1 aliphatic carbocycles. The van der Waals surface area contributed by atoms with Gasteiger partial charge in [0.25, 0.3) is 5.91 Å². The number of benzene rings is 2. The third-order valence-corrected chi connectivity index (χ3v) is 5.37. The molecule has 0 saturated heterocycles. The number of ether oxygens (including phenoxy) is 1. The summed E-state index contributed by atoms with van der Waals surface area (Å²) in [4.78, 5) is 12.8. The predicted octanol–water partition coefficient (Wildman–Crippen LogP) is 4.34. The minimum atomic E-state index is -0.328. The second kappa shape index (κ2) is 7.08. The maximum atomic E-state index is 12.8. The van der Waals surface area contributed by atoms with Crippen LogP contribution in [0.3, 0.4) is 0 Å². The first-order valence-corrected chi connectivity index (χ1v) is 9.26. The standard InChI is InChI=1S/C21H20ClN3O2/c1-27-18-9-7-17(8-10-18)25-14-11-19(24-25)20(26)23-21(12-2-13-21)15-3-5-16(22)6-4-15/h3-11,14H,2,12-13H2,1H3,(H,23,26). The van der Waals surface area contributed by atoms with Crippen LogP contribution in [0.5, 0.6) is 5.75 Å². The topological polar surface area (TPSA) is 56.1 Å². The fourth-order valence-electron chi connectivity index (χ4n) is 3.39. The quantitative estimate of drug-likeness (QED) is 0.715. The van der Waals surface area contributed by atoms with Crippen molar-refractivity contribution in [1.82, 2.24) is 15.1 Å². The first-order valence-electron chi connectivity index (χ1n) is 8.88. The summed E-state index contributed by atoms with van der Waals surface area (Å²) in [5.41, 5.74) is 2.02. The van der Waals surface area contributed by atoms with E-state index in [0.29, 0.717) is 10.7 Å². The zero-order valence-electron chi connectivity index (χ0n) is 15.0. The molecule has 4 rings (SSSR count). The Balaban J connectivity index is 1.52. The number of amides is 1. The van der Waals surface area contributed by atoms with E-state index in [0.717, 1.165) is 36.3 Å². The Bertz CT molecular complexity index is 944. The van der Waals surface area contributed by atoms with Gasteiger partial charge in [-0.2, -0.15) is 5.10 Å². The number of halogens is 1. The van der Waals surface area contributed by atoms with Crippen LogP contribution in [-0.2, 0) is 5.54 Å². The molecule has 0 spiro atoms. The van der Waals surface area contributed by atoms with E-state index < -0.39 is 0 Å². The lowest BCUT2D eigenvalue weighted by atomic mass is 9.71. The van der Waals surface area contributed by atoms with Gasteiger partial charge in [0.2, 0.25) is 0 Å². The molecule has 138 valence electrons. The highest BCUT2D eigenvalue weighted by atomic mass is 35.5. The summed E-state index contributed by atoms with van der Waals surface area (Å²) in [5, 5.41) is 8.31. The van der Waals surface area contributed by atoms with Crippen LogP contribution in [0.2, 0.25) is 5.02 Å². The molecule has 1 saturated carbocycles. The van der Waals surface area contributed by atoms with Crippen molar-refractivity contribution in [1.29, 1.82) is 0 Å². The van der Waals surface area contributed by atoms with Gasteiger partial charge >= 0.3 is 0 Å². The maximum Gasteiger partial charge on any atom is 0.272 e. The molecule has 0 aliphatic heterocycles. The molecule has 1 fully saturated rings. The van der Waals surface area contributed by atoms with Gasteiger partial charge < -0.3 is 10.1 Å². The first kappa shape index (κ1) is 17.6. The van der Waals surface area contributed by atoms with Gasteiger partial charge in [0.1, 0.15) is 5.75 Å². The van der Waals surface area contributed by atoms with Crippen molar-refractivity contribution in [2.24, 2.45) is 0 Å². The van der Waals surface area contributed by atoms with E-state index in [1.54, 1.807) is 24.1 Å². The van der Waals surface area contributed by atoms with Crippen molar-refractivity contribution in [3.8, 4) is 11.4 Å². The maximum absolute atomic E-state index is 12.8. The molecule has 6 heteroatoms. The van der Waals surface area contributed by atoms with Crippen LogP contribution in [0.15, 0.2) is 60.8 Å². The Kier molecular flexibility index (Phi) is 4.62. The van der Waals surface area contributed by atoms with E-state index in [1.165, 1.54) is 0 Å². The number of nitrogens with zero attached hydrogens (tertiary/aromatic N) is 2. The second-order valence-corrected chi connectivity index (χ2v) is 7.18. The molecule has 1 aliphatic rings. The molecular weight excluding hydrogens is 362 g/mol. The third-order valence-electron chi connectivity index (χ3n) is 5.12. The van der Waals surface area contributed by atoms with Crippen molar-refractivity contribution >= 4 is 17.5 Å². The molecule has 0 unspecified atom stereocenters. The average Bonchev–Trinajstić information content (AvgIpc) is 3.16. The third kappa shape index (κ3) is 3.43. The Morgan fingerprint density at radius 1 is 1.11 bits per heavy atom. The highest BCUT2D eigenvalue weighted by Crippen LogP contribution is 2.41. The van der Waals surface area contributed by atoms with Gasteiger partial charge in [-0.05, 0) is 67.3 Å². The van der Waals surface area contributed by atoms with Crippen molar-refractivity contribution < 1.29 is 9.53 Å². The van der Waals surface area contributed by atoms with Crippen LogP contribution in [0.25, 0.3) is 5.69 Å². The molecule has 1 amide bonds. The summed E-state index contributed by atoms with van der Waals surface area (Å²) >= 11 is 6.00. The molecular formula is C21H20ClN3O2. The number of aromatic nitrogens is 2. The molecule has 0 bridgehead atoms. The van der Waals surface area contributed by atoms with Crippen LogP contribution < -0.4 is 10.1 Å². The minimum Gasteiger partial charge on any atom is -0.497 e. The summed E-state index contributed by atoms with van der Waals surface area (Å²) in [5.74, 6) is 0.607. The summed E-state index contributed by atoms with van der Waals surface area (Å²) in [7, 11) is 1.63. The van der Waals surface area contributed by atoms with Gasteiger partial charge in [-0.25, -0.2) is 4.68 Å². The average molecular weight is 382 g/mol. The van der Waals surface area contributed by atoms with Crippen molar-refractivity contribution in [3.63, 3.8) is 0 Å². The number of nitrogens with one attached hydrogen (secondary N) is 1. The molecule has 0 atom stereocenters. The number of hydrogen-bond donors (Lipinski definition) is 1. The van der Waals surface area contributed by atoms with Crippen molar-refractivity contribution in [3.05, 3.63) is 77.1 Å². The van der Waals surface area contributed by atoms with Gasteiger partial charge in [0, 0.05) is 11.2 Å². The largest absolute Gasteiger partial charge is 0.497 e. The number of rotatable bonds is 5. The highest BCUT2D eigenvalue weighted by molar-refractivity contribution is 6.30. The van der Waals surface area contributed by atoms with Crippen molar-refractivity contribution in [2.45, 2.75) is 24.8 Å². The predicted molar refractivity (Wildman–Crippen MR) is 105 cm³/mol.